The number of carbonyl (C=O) groups excluding carboxylic acids is 1. The smallest absolute Gasteiger partial charge is 0.328 e. The third-order valence-corrected chi connectivity index (χ3v) is 6.58. The van der Waals surface area contributed by atoms with E-state index in [0.717, 1.165) is 46.9 Å². The lowest BCUT2D eigenvalue weighted by Crippen LogP contribution is -2.30. The first-order valence-electron chi connectivity index (χ1n) is 14.0. The Morgan fingerprint density at radius 1 is 0.821 bits per heavy atom. The van der Waals surface area contributed by atoms with Crippen LogP contribution in [0, 0.1) is 11.8 Å². The van der Waals surface area contributed by atoms with Crippen molar-refractivity contribution < 1.29 is 14.7 Å². The number of hydrogen-bond donors (Lipinski definition) is 1. The maximum absolute atomic E-state index is 13.4. The number of nitrogens with zero attached hydrogens (tertiary/aromatic N) is 1. The Bertz CT molecular complexity index is 1250. The fraction of sp³-hybridized carbons (Fsp3) is 0.314. The molecule has 0 atom stereocenters. The van der Waals surface area contributed by atoms with Crippen LogP contribution >= 0.6 is 0 Å². The van der Waals surface area contributed by atoms with Gasteiger partial charge in [-0.05, 0) is 59.9 Å². The van der Waals surface area contributed by atoms with Crippen LogP contribution in [0.15, 0.2) is 84.9 Å². The Labute approximate surface area is 233 Å². The van der Waals surface area contributed by atoms with Crippen LogP contribution in [0.2, 0.25) is 0 Å². The number of carboxylic acids is 1. The Morgan fingerprint density at radius 3 is 2.21 bits per heavy atom. The summed E-state index contributed by atoms with van der Waals surface area (Å²) < 4.78 is 0. The molecular formula is C35H39NO3. The molecule has 1 amide bonds. The number of unbranched alkanes of at least 4 members (excludes halogenated alkanes) is 6. The monoisotopic (exact) mass is 521 g/mol. The SMILES string of the molecule is CCCCCCCCC#Cc1ccc(CN(C(=O)CCc2ccccc2)c2ccc(C=CC(=O)O)cc2)cc1. The van der Waals surface area contributed by atoms with Crippen molar-refractivity contribution in [2.24, 2.45) is 0 Å². The molecule has 0 heterocycles. The molecule has 0 aromatic heterocycles. The summed E-state index contributed by atoms with van der Waals surface area (Å²) in [7, 11) is 0. The predicted molar refractivity (Wildman–Crippen MR) is 160 cm³/mol. The van der Waals surface area contributed by atoms with E-state index < -0.39 is 5.97 Å². The first-order valence-corrected chi connectivity index (χ1v) is 14.0. The summed E-state index contributed by atoms with van der Waals surface area (Å²) in [5, 5.41) is 8.89. The van der Waals surface area contributed by atoms with E-state index in [1.54, 1.807) is 11.0 Å². The largest absolute Gasteiger partial charge is 0.478 e. The van der Waals surface area contributed by atoms with Crippen molar-refractivity contribution in [1.82, 2.24) is 0 Å². The van der Waals surface area contributed by atoms with Crippen LogP contribution in [0.5, 0.6) is 0 Å². The van der Waals surface area contributed by atoms with Gasteiger partial charge in [0.05, 0.1) is 6.54 Å². The first-order chi connectivity index (χ1) is 19.0. The molecule has 202 valence electrons. The minimum atomic E-state index is -0.993. The molecule has 3 rings (SSSR count). The lowest BCUT2D eigenvalue weighted by atomic mass is 10.1. The molecule has 0 aliphatic carbocycles. The number of rotatable bonds is 14. The fourth-order valence-electron chi connectivity index (χ4n) is 4.32. The second-order valence-electron chi connectivity index (χ2n) is 9.75. The molecule has 0 aliphatic heterocycles. The van der Waals surface area contributed by atoms with Crippen molar-refractivity contribution >= 4 is 23.6 Å². The Morgan fingerprint density at radius 2 is 1.51 bits per heavy atom. The molecule has 0 radical (unpaired) electrons. The highest BCUT2D eigenvalue weighted by Gasteiger charge is 2.16. The predicted octanol–water partition coefficient (Wildman–Crippen LogP) is 8.05. The van der Waals surface area contributed by atoms with Gasteiger partial charge in [-0.25, -0.2) is 4.79 Å². The standard InChI is InChI=1S/C35H39NO3/c1-2-3-4-5-6-7-8-10-15-30-16-18-32(19-17-30)28-36(34(37)26-22-29-13-11-9-12-14-29)33-24-20-31(21-25-33)23-27-35(38)39/h9,11-14,16-21,23-25,27H,2-8,22,26,28H2,1H3,(H,38,39). The van der Waals surface area contributed by atoms with Gasteiger partial charge in [0, 0.05) is 30.2 Å². The molecule has 1 N–H and O–H groups in total. The van der Waals surface area contributed by atoms with E-state index in [0.29, 0.717) is 19.4 Å². The van der Waals surface area contributed by atoms with E-state index in [1.807, 2.05) is 78.9 Å². The van der Waals surface area contributed by atoms with Gasteiger partial charge in [-0.3, -0.25) is 4.79 Å². The highest BCUT2D eigenvalue weighted by molar-refractivity contribution is 5.93. The average molecular weight is 522 g/mol. The van der Waals surface area contributed by atoms with Crippen LogP contribution in [0.4, 0.5) is 5.69 Å². The lowest BCUT2D eigenvalue weighted by molar-refractivity contribution is -0.131. The topological polar surface area (TPSA) is 57.6 Å². The van der Waals surface area contributed by atoms with Gasteiger partial charge in [-0.1, -0.05) is 105 Å². The fourth-order valence-corrected chi connectivity index (χ4v) is 4.32. The quantitative estimate of drug-likeness (QED) is 0.133. The van der Waals surface area contributed by atoms with E-state index >= 15 is 0 Å². The average Bonchev–Trinajstić information content (AvgIpc) is 2.96. The summed E-state index contributed by atoms with van der Waals surface area (Å²) in [5.41, 5.74) is 4.69. The van der Waals surface area contributed by atoms with Gasteiger partial charge in [0.2, 0.25) is 5.91 Å². The van der Waals surface area contributed by atoms with Gasteiger partial charge in [0.1, 0.15) is 0 Å². The minimum absolute atomic E-state index is 0.0375. The molecule has 0 spiro atoms. The molecule has 0 saturated heterocycles. The van der Waals surface area contributed by atoms with Gasteiger partial charge >= 0.3 is 5.97 Å². The maximum Gasteiger partial charge on any atom is 0.328 e. The van der Waals surface area contributed by atoms with Crippen molar-refractivity contribution in [2.45, 2.75) is 71.3 Å². The molecule has 0 saturated carbocycles. The van der Waals surface area contributed by atoms with E-state index in [2.05, 4.69) is 18.8 Å². The summed E-state index contributed by atoms with van der Waals surface area (Å²) in [6, 6.07) is 25.5. The normalized spacial score (nSPS) is 10.7. The number of amides is 1. The van der Waals surface area contributed by atoms with Gasteiger partial charge in [0.15, 0.2) is 0 Å². The first kappa shape index (κ1) is 29.5. The number of anilines is 1. The number of carbonyl (C=O) groups is 2. The van der Waals surface area contributed by atoms with Gasteiger partial charge in [-0.15, -0.1) is 0 Å². The molecule has 3 aromatic rings. The minimum Gasteiger partial charge on any atom is -0.478 e. The second-order valence-corrected chi connectivity index (χ2v) is 9.75. The molecular weight excluding hydrogens is 482 g/mol. The number of benzene rings is 3. The lowest BCUT2D eigenvalue weighted by Gasteiger charge is -2.23. The highest BCUT2D eigenvalue weighted by atomic mass is 16.4. The zero-order valence-corrected chi connectivity index (χ0v) is 22.9. The molecule has 4 nitrogen and oxygen atoms in total. The highest BCUT2D eigenvalue weighted by Crippen LogP contribution is 2.21. The van der Waals surface area contributed by atoms with E-state index in [-0.39, 0.29) is 5.91 Å². The van der Waals surface area contributed by atoms with Crippen LogP contribution in [0.1, 0.15) is 80.5 Å². The number of hydrogen-bond acceptors (Lipinski definition) is 2. The summed E-state index contributed by atoms with van der Waals surface area (Å²) in [5.74, 6) is 5.61. The third kappa shape index (κ3) is 11.0. The van der Waals surface area contributed by atoms with Crippen LogP contribution in [-0.2, 0) is 22.6 Å². The molecule has 0 unspecified atom stereocenters. The van der Waals surface area contributed by atoms with E-state index in [1.165, 1.54) is 32.1 Å². The van der Waals surface area contributed by atoms with Crippen LogP contribution in [0.25, 0.3) is 6.08 Å². The maximum atomic E-state index is 13.4. The van der Waals surface area contributed by atoms with Gasteiger partial charge in [-0.2, -0.15) is 0 Å². The second kappa shape index (κ2) is 16.7. The summed E-state index contributed by atoms with van der Waals surface area (Å²) >= 11 is 0. The van der Waals surface area contributed by atoms with Crippen molar-refractivity contribution in [3.05, 3.63) is 107 Å². The number of carboxylic acid groups (broad SMARTS) is 1. The van der Waals surface area contributed by atoms with Crippen LogP contribution in [0.3, 0.4) is 0 Å². The van der Waals surface area contributed by atoms with E-state index in [4.69, 9.17) is 5.11 Å². The zero-order valence-electron chi connectivity index (χ0n) is 22.9. The molecule has 39 heavy (non-hydrogen) atoms. The summed E-state index contributed by atoms with van der Waals surface area (Å²) in [6.07, 6.45) is 12.3. The molecule has 0 bridgehead atoms. The zero-order chi connectivity index (χ0) is 27.7. The van der Waals surface area contributed by atoms with Crippen LogP contribution in [-0.4, -0.2) is 17.0 Å². The Hall–Kier alpha value is -4.10. The third-order valence-electron chi connectivity index (χ3n) is 6.58. The molecule has 0 fully saturated rings. The van der Waals surface area contributed by atoms with Crippen molar-refractivity contribution in [1.29, 1.82) is 0 Å². The van der Waals surface area contributed by atoms with Crippen molar-refractivity contribution in [3.63, 3.8) is 0 Å². The van der Waals surface area contributed by atoms with Crippen molar-refractivity contribution in [2.75, 3.05) is 4.90 Å². The summed E-state index contributed by atoms with van der Waals surface area (Å²) in [4.78, 5) is 26.0. The molecule has 4 heteroatoms. The molecule has 0 aliphatic rings. The van der Waals surface area contributed by atoms with Gasteiger partial charge in [0.25, 0.3) is 0 Å². The number of aliphatic carboxylic acids is 1. The Balaban J connectivity index is 1.66. The van der Waals surface area contributed by atoms with Crippen molar-refractivity contribution in [3.8, 4) is 11.8 Å². The van der Waals surface area contributed by atoms with Crippen LogP contribution < -0.4 is 4.90 Å². The Kier molecular flexibility index (Phi) is 12.6. The summed E-state index contributed by atoms with van der Waals surface area (Å²) in [6.45, 7) is 2.68. The van der Waals surface area contributed by atoms with Gasteiger partial charge < -0.3 is 10.0 Å². The molecule has 3 aromatic carbocycles. The van der Waals surface area contributed by atoms with E-state index in [9.17, 15) is 9.59 Å². The number of aryl methyl sites for hydroxylation is 1.